The van der Waals surface area contributed by atoms with Crippen LogP contribution in [0.5, 0.6) is 11.5 Å². The van der Waals surface area contributed by atoms with E-state index in [9.17, 15) is 5.11 Å². The van der Waals surface area contributed by atoms with Crippen molar-refractivity contribution in [1.82, 2.24) is 4.98 Å². The van der Waals surface area contributed by atoms with Gasteiger partial charge in [-0.05, 0) is 38.1 Å². The monoisotopic (exact) mass is 229 g/mol. The lowest BCUT2D eigenvalue weighted by Crippen LogP contribution is -2.05. The van der Waals surface area contributed by atoms with Gasteiger partial charge in [-0.3, -0.25) is 4.98 Å². The Morgan fingerprint density at radius 3 is 2.65 bits per heavy atom. The number of phenolic OH excluding ortho intramolecular Hbond substituents is 1. The van der Waals surface area contributed by atoms with Crippen LogP contribution < -0.4 is 4.74 Å². The van der Waals surface area contributed by atoms with E-state index >= 15 is 0 Å². The minimum Gasteiger partial charge on any atom is -0.508 e. The van der Waals surface area contributed by atoms with Crippen LogP contribution in [0.15, 0.2) is 42.6 Å². The molecule has 0 aliphatic carbocycles. The summed E-state index contributed by atoms with van der Waals surface area (Å²) >= 11 is 0. The van der Waals surface area contributed by atoms with Crippen molar-refractivity contribution in [3.05, 3.63) is 42.6 Å². The van der Waals surface area contributed by atoms with E-state index in [0.29, 0.717) is 5.75 Å². The second-order valence-electron chi connectivity index (χ2n) is 4.10. The first-order valence-electron chi connectivity index (χ1n) is 5.57. The summed E-state index contributed by atoms with van der Waals surface area (Å²) in [4.78, 5) is 4.24. The Kier molecular flexibility index (Phi) is 3.28. The summed E-state index contributed by atoms with van der Waals surface area (Å²) in [6, 6.07) is 10.8. The van der Waals surface area contributed by atoms with Gasteiger partial charge >= 0.3 is 0 Å². The fourth-order valence-electron chi connectivity index (χ4n) is 1.60. The highest BCUT2D eigenvalue weighted by atomic mass is 16.5. The molecular formula is C14H15NO2. The highest BCUT2D eigenvalue weighted by Gasteiger charge is 2.05. The van der Waals surface area contributed by atoms with E-state index in [0.717, 1.165) is 11.3 Å². The normalized spacial score (nSPS) is 10.5. The molecule has 0 fully saturated rings. The van der Waals surface area contributed by atoms with Crippen molar-refractivity contribution < 1.29 is 9.84 Å². The van der Waals surface area contributed by atoms with Crippen molar-refractivity contribution >= 4 is 0 Å². The number of aromatic nitrogens is 1. The van der Waals surface area contributed by atoms with Crippen LogP contribution in [0.2, 0.25) is 0 Å². The molecular weight excluding hydrogens is 214 g/mol. The van der Waals surface area contributed by atoms with Crippen LogP contribution in [0, 0.1) is 0 Å². The quantitative estimate of drug-likeness (QED) is 0.878. The van der Waals surface area contributed by atoms with E-state index in [1.807, 2.05) is 38.1 Å². The first kappa shape index (κ1) is 11.5. The molecule has 2 rings (SSSR count). The Morgan fingerprint density at radius 2 is 2.00 bits per heavy atom. The van der Waals surface area contributed by atoms with E-state index in [4.69, 9.17) is 4.74 Å². The SMILES string of the molecule is CC(C)Oc1cc(O)cc(-c2ccccn2)c1. The van der Waals surface area contributed by atoms with Gasteiger partial charge in [0.1, 0.15) is 11.5 Å². The minimum atomic E-state index is 0.0772. The first-order valence-corrected chi connectivity index (χ1v) is 5.57. The van der Waals surface area contributed by atoms with Crippen molar-refractivity contribution in [2.75, 3.05) is 0 Å². The highest BCUT2D eigenvalue weighted by Crippen LogP contribution is 2.28. The molecule has 1 N–H and O–H groups in total. The van der Waals surface area contributed by atoms with Crippen LogP contribution in [-0.2, 0) is 0 Å². The Hall–Kier alpha value is -2.03. The Balaban J connectivity index is 2.38. The number of nitrogens with zero attached hydrogens (tertiary/aromatic N) is 1. The zero-order chi connectivity index (χ0) is 12.3. The molecule has 0 saturated heterocycles. The topological polar surface area (TPSA) is 42.4 Å². The fraction of sp³-hybridized carbons (Fsp3) is 0.214. The largest absolute Gasteiger partial charge is 0.508 e. The van der Waals surface area contributed by atoms with Crippen LogP contribution in [-0.4, -0.2) is 16.2 Å². The van der Waals surface area contributed by atoms with Crippen molar-refractivity contribution in [3.8, 4) is 22.8 Å². The number of ether oxygens (including phenoxy) is 1. The zero-order valence-corrected chi connectivity index (χ0v) is 9.92. The number of rotatable bonds is 3. The molecule has 3 nitrogen and oxygen atoms in total. The average Bonchev–Trinajstić information content (AvgIpc) is 2.28. The Labute approximate surface area is 101 Å². The molecule has 2 aromatic rings. The average molecular weight is 229 g/mol. The lowest BCUT2D eigenvalue weighted by Gasteiger charge is -2.11. The number of hydrogen-bond donors (Lipinski definition) is 1. The summed E-state index contributed by atoms with van der Waals surface area (Å²) in [5.41, 5.74) is 1.67. The van der Waals surface area contributed by atoms with Gasteiger partial charge in [-0.25, -0.2) is 0 Å². The number of benzene rings is 1. The molecule has 0 amide bonds. The van der Waals surface area contributed by atoms with Gasteiger partial charge in [-0.15, -0.1) is 0 Å². The molecule has 3 heteroatoms. The summed E-state index contributed by atoms with van der Waals surface area (Å²) in [6.45, 7) is 3.90. The third kappa shape index (κ3) is 2.97. The van der Waals surface area contributed by atoms with Crippen LogP contribution >= 0.6 is 0 Å². The second kappa shape index (κ2) is 4.87. The summed E-state index contributed by atoms with van der Waals surface area (Å²) in [5.74, 6) is 0.837. The lowest BCUT2D eigenvalue weighted by molar-refractivity contribution is 0.241. The van der Waals surface area contributed by atoms with Gasteiger partial charge in [-0.2, -0.15) is 0 Å². The van der Waals surface area contributed by atoms with Crippen molar-refractivity contribution in [3.63, 3.8) is 0 Å². The molecule has 0 aliphatic heterocycles. The van der Waals surface area contributed by atoms with E-state index < -0.39 is 0 Å². The summed E-state index contributed by atoms with van der Waals surface area (Å²) < 4.78 is 5.57. The first-order chi connectivity index (χ1) is 8.15. The molecule has 17 heavy (non-hydrogen) atoms. The van der Waals surface area contributed by atoms with Crippen LogP contribution in [0.25, 0.3) is 11.3 Å². The molecule has 0 spiro atoms. The molecule has 1 aromatic carbocycles. The predicted molar refractivity (Wildman–Crippen MR) is 67.1 cm³/mol. The standard InChI is InChI=1S/C14H15NO2/c1-10(2)17-13-8-11(7-12(16)9-13)14-5-3-4-6-15-14/h3-10,16H,1-2H3. The smallest absolute Gasteiger partial charge is 0.124 e. The number of phenols is 1. The van der Waals surface area contributed by atoms with Crippen molar-refractivity contribution in [1.29, 1.82) is 0 Å². The molecule has 88 valence electrons. The summed E-state index contributed by atoms with van der Waals surface area (Å²) in [6.07, 6.45) is 1.80. The summed E-state index contributed by atoms with van der Waals surface area (Å²) in [5, 5.41) is 9.66. The Bertz CT molecular complexity index is 495. The zero-order valence-electron chi connectivity index (χ0n) is 9.92. The van der Waals surface area contributed by atoms with E-state index in [2.05, 4.69) is 4.98 Å². The predicted octanol–water partition coefficient (Wildman–Crippen LogP) is 3.24. The Morgan fingerprint density at radius 1 is 1.18 bits per heavy atom. The van der Waals surface area contributed by atoms with Gasteiger partial charge in [0, 0.05) is 17.8 Å². The van der Waals surface area contributed by atoms with Crippen LogP contribution in [0.1, 0.15) is 13.8 Å². The maximum absolute atomic E-state index is 9.66. The number of aromatic hydroxyl groups is 1. The van der Waals surface area contributed by atoms with Crippen LogP contribution in [0.3, 0.4) is 0 Å². The van der Waals surface area contributed by atoms with Crippen LogP contribution in [0.4, 0.5) is 0 Å². The van der Waals surface area contributed by atoms with Gasteiger partial charge in [-0.1, -0.05) is 6.07 Å². The second-order valence-corrected chi connectivity index (χ2v) is 4.10. The molecule has 1 heterocycles. The van der Waals surface area contributed by atoms with E-state index in [1.165, 1.54) is 0 Å². The van der Waals surface area contributed by atoms with Crippen molar-refractivity contribution in [2.45, 2.75) is 20.0 Å². The third-order valence-corrected chi connectivity index (χ3v) is 2.22. The minimum absolute atomic E-state index is 0.0772. The molecule has 0 unspecified atom stereocenters. The van der Waals surface area contributed by atoms with E-state index in [-0.39, 0.29) is 11.9 Å². The highest BCUT2D eigenvalue weighted by molar-refractivity contribution is 5.63. The molecule has 0 saturated carbocycles. The number of hydrogen-bond acceptors (Lipinski definition) is 3. The van der Waals surface area contributed by atoms with Crippen molar-refractivity contribution in [2.24, 2.45) is 0 Å². The molecule has 1 aromatic heterocycles. The lowest BCUT2D eigenvalue weighted by atomic mass is 10.1. The van der Waals surface area contributed by atoms with Gasteiger partial charge in [0.05, 0.1) is 11.8 Å². The maximum atomic E-state index is 9.66. The molecule has 0 bridgehead atoms. The van der Waals surface area contributed by atoms with Gasteiger partial charge in [0.2, 0.25) is 0 Å². The van der Waals surface area contributed by atoms with Gasteiger partial charge in [0.25, 0.3) is 0 Å². The molecule has 0 atom stereocenters. The van der Waals surface area contributed by atoms with Gasteiger partial charge < -0.3 is 9.84 Å². The molecule has 0 aliphatic rings. The van der Waals surface area contributed by atoms with Gasteiger partial charge in [0.15, 0.2) is 0 Å². The fourth-order valence-corrected chi connectivity index (χ4v) is 1.60. The summed E-state index contributed by atoms with van der Waals surface area (Å²) in [7, 11) is 0. The van der Waals surface area contributed by atoms with E-state index in [1.54, 1.807) is 18.3 Å². The molecule has 0 radical (unpaired) electrons. The maximum Gasteiger partial charge on any atom is 0.124 e. The third-order valence-electron chi connectivity index (χ3n) is 2.22. The number of pyridine rings is 1.